The zero-order valence-corrected chi connectivity index (χ0v) is 9.13. The molecular formula is C9H10N5O2-. The minimum Gasteiger partial charge on any atom is -0.512 e. The Bertz CT molecular complexity index is 658. The van der Waals surface area contributed by atoms with Gasteiger partial charge in [0.15, 0.2) is 11.2 Å². The molecule has 0 aliphatic heterocycles. The van der Waals surface area contributed by atoms with Gasteiger partial charge in [0.1, 0.15) is 0 Å². The molecule has 0 aliphatic rings. The van der Waals surface area contributed by atoms with E-state index in [1.165, 1.54) is 17.9 Å². The molecule has 0 saturated carbocycles. The first kappa shape index (κ1) is 11.7. The second-order valence-corrected chi connectivity index (χ2v) is 3.23. The monoisotopic (exact) mass is 220 g/mol. The van der Waals surface area contributed by atoms with E-state index in [-0.39, 0.29) is 11.2 Å². The summed E-state index contributed by atoms with van der Waals surface area (Å²) in [5.74, 6) is 0. The third-order valence-corrected chi connectivity index (χ3v) is 2.32. The number of rotatable bonds is 0. The molecular weight excluding hydrogens is 210 g/mol. The molecule has 0 spiro atoms. The van der Waals surface area contributed by atoms with E-state index in [0.717, 1.165) is 4.57 Å². The van der Waals surface area contributed by atoms with Crippen LogP contribution in [-0.4, -0.2) is 18.7 Å². The Balaban J connectivity index is 0.000000606. The second-order valence-electron chi connectivity index (χ2n) is 3.23. The zero-order chi connectivity index (χ0) is 12.5. The number of nitrogens with zero attached hydrogens (tertiary/aromatic N) is 5. The Morgan fingerprint density at radius 3 is 2.31 bits per heavy atom. The van der Waals surface area contributed by atoms with Gasteiger partial charge in [-0.25, -0.2) is 9.78 Å². The molecule has 84 valence electrons. The summed E-state index contributed by atoms with van der Waals surface area (Å²) in [7, 11) is 4.77. The molecule has 0 amide bonds. The Morgan fingerprint density at radius 1 is 1.19 bits per heavy atom. The maximum absolute atomic E-state index is 11.7. The van der Waals surface area contributed by atoms with Crippen molar-refractivity contribution in [3.8, 4) is 0 Å². The zero-order valence-electron chi connectivity index (χ0n) is 9.13. The molecule has 0 unspecified atom stereocenters. The molecule has 2 heterocycles. The van der Waals surface area contributed by atoms with Crippen LogP contribution in [0.4, 0.5) is 0 Å². The molecule has 0 bridgehead atoms. The van der Waals surface area contributed by atoms with Crippen LogP contribution in [0.5, 0.6) is 0 Å². The minimum atomic E-state index is -0.360. The van der Waals surface area contributed by atoms with Gasteiger partial charge in [-0.2, -0.15) is 0 Å². The highest BCUT2D eigenvalue weighted by molar-refractivity contribution is 5.69. The smallest absolute Gasteiger partial charge is 0.332 e. The number of aryl methyl sites for hydroxylation is 2. The van der Waals surface area contributed by atoms with E-state index in [9.17, 15) is 9.59 Å². The van der Waals surface area contributed by atoms with E-state index in [0.29, 0.717) is 11.2 Å². The van der Waals surface area contributed by atoms with E-state index < -0.39 is 0 Å². The summed E-state index contributed by atoms with van der Waals surface area (Å²) in [5.41, 5.74) is 0.180. The number of imidazole rings is 1. The molecule has 7 heteroatoms. The van der Waals surface area contributed by atoms with Crippen molar-refractivity contribution in [3.63, 3.8) is 0 Å². The summed E-state index contributed by atoms with van der Waals surface area (Å²) in [6.07, 6.45) is 1.52. The van der Waals surface area contributed by atoms with E-state index in [4.69, 9.17) is 11.8 Å². The highest BCUT2D eigenvalue weighted by Crippen LogP contribution is 2.01. The molecule has 2 rings (SSSR count). The molecule has 0 saturated heterocycles. The van der Waals surface area contributed by atoms with Crippen LogP contribution in [0.3, 0.4) is 0 Å². The average molecular weight is 220 g/mol. The summed E-state index contributed by atoms with van der Waals surface area (Å²) in [5, 5.41) is 6.25. The third kappa shape index (κ3) is 1.40. The van der Waals surface area contributed by atoms with Crippen molar-refractivity contribution in [2.24, 2.45) is 21.1 Å². The van der Waals surface area contributed by atoms with Crippen LogP contribution >= 0.6 is 0 Å². The fourth-order valence-electron chi connectivity index (χ4n) is 1.47. The fraction of sp³-hybridized carbons (Fsp3) is 0.333. The lowest BCUT2D eigenvalue weighted by molar-refractivity contribution is 0.705. The topological polar surface area (TPSA) is 85.6 Å². The molecule has 0 aromatic carbocycles. The largest absolute Gasteiger partial charge is 0.512 e. The fourth-order valence-corrected chi connectivity index (χ4v) is 1.47. The molecule has 0 aliphatic carbocycles. The molecule has 7 nitrogen and oxygen atoms in total. The lowest BCUT2D eigenvalue weighted by atomic mass is 10.5. The first-order valence-corrected chi connectivity index (χ1v) is 4.33. The Labute approximate surface area is 90.8 Å². The summed E-state index contributed by atoms with van der Waals surface area (Å²) in [6, 6.07) is 0. The van der Waals surface area contributed by atoms with E-state index in [2.05, 4.69) is 4.98 Å². The molecule has 0 N–H and O–H groups in total. The Morgan fingerprint density at radius 2 is 1.75 bits per heavy atom. The van der Waals surface area contributed by atoms with Gasteiger partial charge in [0.25, 0.3) is 5.56 Å². The highest BCUT2D eigenvalue weighted by Gasteiger charge is 2.11. The molecule has 2 aromatic heterocycles. The van der Waals surface area contributed by atoms with Crippen molar-refractivity contribution in [1.82, 2.24) is 18.7 Å². The van der Waals surface area contributed by atoms with Crippen molar-refractivity contribution >= 4 is 11.2 Å². The number of hydrogen-bond donors (Lipinski definition) is 0. The van der Waals surface area contributed by atoms with Crippen LogP contribution in [0, 0.1) is 11.8 Å². The van der Waals surface area contributed by atoms with Crippen LogP contribution in [-0.2, 0) is 21.1 Å². The standard InChI is InChI=1S/C8H10N4O2.CN/c1-10-4-9-6-5(10)7(13)12(3)8(14)11(6)2;1-2/h4H,1-3H3;/q;-1. The van der Waals surface area contributed by atoms with Gasteiger partial charge >= 0.3 is 5.69 Å². The molecule has 16 heavy (non-hydrogen) atoms. The predicted molar refractivity (Wildman–Crippen MR) is 56.2 cm³/mol. The Kier molecular flexibility index (Phi) is 2.94. The minimum absolute atomic E-state index is 0.317. The molecule has 0 atom stereocenters. The quantitative estimate of drug-likeness (QED) is 0.536. The van der Waals surface area contributed by atoms with Crippen molar-refractivity contribution in [2.45, 2.75) is 0 Å². The van der Waals surface area contributed by atoms with Crippen molar-refractivity contribution in [1.29, 1.82) is 5.26 Å². The normalized spacial score (nSPS) is 9.81. The maximum Gasteiger partial charge on any atom is 0.332 e. The van der Waals surface area contributed by atoms with Crippen molar-refractivity contribution < 1.29 is 0 Å². The van der Waals surface area contributed by atoms with Crippen molar-refractivity contribution in [3.05, 3.63) is 33.7 Å². The SMILES string of the molecule is Cn1c(=O)c2c(ncn2C)n(C)c1=O.[C-]#N. The van der Waals surface area contributed by atoms with Gasteiger partial charge in [-0.15, -0.1) is 0 Å². The second kappa shape index (κ2) is 4.02. The van der Waals surface area contributed by atoms with Crippen LogP contribution < -0.4 is 11.2 Å². The lowest BCUT2D eigenvalue weighted by Crippen LogP contribution is -2.37. The molecule has 2 aromatic rings. The van der Waals surface area contributed by atoms with E-state index in [1.807, 2.05) is 0 Å². The van der Waals surface area contributed by atoms with Crippen LogP contribution in [0.25, 0.3) is 11.2 Å². The first-order chi connectivity index (χ1) is 7.54. The highest BCUT2D eigenvalue weighted by atomic mass is 16.2. The van der Waals surface area contributed by atoms with Crippen LogP contribution in [0.1, 0.15) is 0 Å². The van der Waals surface area contributed by atoms with Crippen LogP contribution in [0.15, 0.2) is 15.9 Å². The Hall–Kier alpha value is -2.36. The summed E-state index contributed by atoms with van der Waals surface area (Å²) < 4.78 is 4.04. The van der Waals surface area contributed by atoms with Gasteiger partial charge in [0, 0.05) is 21.1 Å². The van der Waals surface area contributed by atoms with Crippen molar-refractivity contribution in [2.75, 3.05) is 0 Å². The van der Waals surface area contributed by atoms with Gasteiger partial charge < -0.3 is 16.4 Å². The number of fused-ring (bicyclic) bond motifs is 1. The number of hydrogen-bond acceptors (Lipinski definition) is 4. The maximum atomic E-state index is 11.7. The van der Waals surface area contributed by atoms with E-state index in [1.54, 1.807) is 18.7 Å². The molecule has 0 fully saturated rings. The third-order valence-electron chi connectivity index (χ3n) is 2.32. The first-order valence-electron chi connectivity index (χ1n) is 4.33. The van der Waals surface area contributed by atoms with E-state index >= 15 is 0 Å². The number of aromatic nitrogens is 4. The van der Waals surface area contributed by atoms with Gasteiger partial charge in [-0.1, -0.05) is 0 Å². The van der Waals surface area contributed by atoms with Gasteiger partial charge in [-0.05, 0) is 0 Å². The average Bonchev–Trinajstić information content (AvgIpc) is 2.68. The predicted octanol–water partition coefficient (Wildman–Crippen LogP) is -0.933. The summed E-state index contributed by atoms with van der Waals surface area (Å²) >= 11 is 0. The van der Waals surface area contributed by atoms with Gasteiger partial charge in [0.2, 0.25) is 0 Å². The van der Waals surface area contributed by atoms with Crippen LogP contribution in [0.2, 0.25) is 0 Å². The lowest BCUT2D eigenvalue weighted by Gasteiger charge is -2.02. The van der Waals surface area contributed by atoms with Gasteiger partial charge in [0.05, 0.1) is 6.33 Å². The molecule has 0 radical (unpaired) electrons. The van der Waals surface area contributed by atoms with Gasteiger partial charge in [-0.3, -0.25) is 13.9 Å². The summed E-state index contributed by atoms with van der Waals surface area (Å²) in [6.45, 7) is 4.75. The summed E-state index contributed by atoms with van der Waals surface area (Å²) in [4.78, 5) is 27.2.